The first-order valence-corrected chi connectivity index (χ1v) is 17.9. The van der Waals surface area contributed by atoms with E-state index in [0.717, 1.165) is 37.2 Å². The van der Waals surface area contributed by atoms with Crippen LogP contribution in [0.5, 0.6) is 0 Å². The molecule has 3 aliphatic heterocycles. The lowest BCUT2D eigenvalue weighted by Gasteiger charge is -2.44. The molecular formula is C32H53N3O6S2. The van der Waals surface area contributed by atoms with Crippen LogP contribution < -0.4 is 10.6 Å². The Morgan fingerprint density at radius 3 is 2.49 bits per heavy atom. The maximum Gasteiger partial charge on any atom is 0.240 e. The number of amides is 1. The molecule has 0 saturated carbocycles. The summed E-state index contributed by atoms with van der Waals surface area (Å²) in [4.78, 5) is 17.1. The van der Waals surface area contributed by atoms with Crippen molar-refractivity contribution in [3.05, 3.63) is 29.8 Å². The molecule has 0 aromatic heterocycles. The molecule has 11 atom stereocenters. The van der Waals surface area contributed by atoms with E-state index in [9.17, 15) is 20.1 Å². The summed E-state index contributed by atoms with van der Waals surface area (Å²) < 4.78 is 12.5. The van der Waals surface area contributed by atoms with Gasteiger partial charge in [0.2, 0.25) is 5.91 Å². The van der Waals surface area contributed by atoms with Gasteiger partial charge in [0.15, 0.2) is 0 Å². The summed E-state index contributed by atoms with van der Waals surface area (Å²) in [5.41, 5.74) is 0.524. The van der Waals surface area contributed by atoms with E-state index in [-0.39, 0.29) is 23.2 Å². The fourth-order valence-electron chi connectivity index (χ4n) is 6.73. The van der Waals surface area contributed by atoms with Crippen LogP contribution in [0.2, 0.25) is 0 Å². The number of ether oxygens (including phenoxy) is 2. The average Bonchev–Trinajstić information content (AvgIpc) is 3.25. The summed E-state index contributed by atoms with van der Waals surface area (Å²) >= 11 is 2.86. The van der Waals surface area contributed by atoms with Crippen LogP contribution in [0.4, 0.5) is 0 Å². The van der Waals surface area contributed by atoms with E-state index < -0.39 is 41.9 Å². The predicted molar refractivity (Wildman–Crippen MR) is 173 cm³/mol. The molecule has 3 fully saturated rings. The van der Waals surface area contributed by atoms with Gasteiger partial charge in [-0.3, -0.25) is 4.79 Å². The van der Waals surface area contributed by atoms with Gasteiger partial charge in [-0.15, -0.1) is 23.5 Å². The number of carbonyl (C=O) groups excluding carboxylic acids is 1. The molecule has 1 amide bonds. The highest BCUT2D eigenvalue weighted by molar-refractivity contribution is 8.00. The Kier molecular flexibility index (Phi) is 13.1. The van der Waals surface area contributed by atoms with Crippen LogP contribution in [-0.2, 0) is 20.7 Å². The Balaban J connectivity index is 1.50. The van der Waals surface area contributed by atoms with Crippen molar-refractivity contribution < 1.29 is 29.6 Å². The number of aliphatic hydroxyl groups excluding tert-OH is 3. The first kappa shape index (κ1) is 35.0. The zero-order valence-corrected chi connectivity index (χ0v) is 28.2. The van der Waals surface area contributed by atoms with Crippen LogP contribution in [0, 0.1) is 17.8 Å². The molecule has 11 heteroatoms. The largest absolute Gasteiger partial charge is 0.388 e. The highest BCUT2D eigenvalue weighted by Gasteiger charge is 2.50. The van der Waals surface area contributed by atoms with Gasteiger partial charge in [0.1, 0.15) is 35.9 Å². The van der Waals surface area contributed by atoms with Crippen LogP contribution in [0.15, 0.2) is 29.2 Å². The van der Waals surface area contributed by atoms with Gasteiger partial charge in [0.05, 0.1) is 12.1 Å². The van der Waals surface area contributed by atoms with Crippen molar-refractivity contribution in [2.75, 3.05) is 40.0 Å². The quantitative estimate of drug-likeness (QED) is 0.218. The number of hydrogen-bond acceptors (Lipinski definition) is 10. The van der Waals surface area contributed by atoms with E-state index >= 15 is 0 Å². The van der Waals surface area contributed by atoms with Gasteiger partial charge in [-0.1, -0.05) is 32.9 Å². The normalized spacial score (nSPS) is 34.5. The smallest absolute Gasteiger partial charge is 0.240 e. The third kappa shape index (κ3) is 9.10. The summed E-state index contributed by atoms with van der Waals surface area (Å²) in [5, 5.41) is 38.7. The standard InChI is InChI=1S/C32H53N3O6S2/c1-18(2)15-21-12-14-40-29-22(16-21)17-33-25(29)31(39)34-24(30-27(37)26(36)28(38)32(41-30)42-6)19(3)43-23-9-7-20(8-10-23)11-13-35(4)5/h7-10,18-19,21-22,24-30,32-33,36-38H,11-17H2,1-6H3,(H,34,39)/t19-,21-,22-,24+,25-,26+,27?,28+,29+,30+,32?/m0/s1. The van der Waals surface area contributed by atoms with Crippen molar-refractivity contribution in [1.29, 1.82) is 0 Å². The molecule has 0 radical (unpaired) electrons. The van der Waals surface area contributed by atoms with Crippen molar-refractivity contribution in [3.8, 4) is 0 Å². The lowest BCUT2D eigenvalue weighted by molar-refractivity contribution is -0.205. The summed E-state index contributed by atoms with van der Waals surface area (Å²) in [5.74, 6) is 1.31. The number of nitrogens with one attached hydrogen (secondary N) is 2. The molecule has 43 heavy (non-hydrogen) atoms. The van der Waals surface area contributed by atoms with Crippen molar-refractivity contribution >= 4 is 29.4 Å². The molecule has 0 bridgehead atoms. The number of benzene rings is 1. The van der Waals surface area contributed by atoms with Crippen molar-refractivity contribution in [2.24, 2.45) is 17.8 Å². The van der Waals surface area contributed by atoms with Gasteiger partial charge in [-0.25, -0.2) is 0 Å². The number of hydrogen-bond donors (Lipinski definition) is 5. The minimum atomic E-state index is -1.39. The fourth-order valence-corrected chi connectivity index (χ4v) is 8.50. The Morgan fingerprint density at radius 2 is 1.84 bits per heavy atom. The van der Waals surface area contributed by atoms with Gasteiger partial charge in [-0.05, 0) is 81.5 Å². The number of likely N-dealkylation sites (N-methyl/N-ethyl adjacent to an activating group) is 1. The van der Waals surface area contributed by atoms with Crippen LogP contribution >= 0.6 is 23.5 Å². The summed E-state index contributed by atoms with van der Waals surface area (Å²) in [6.07, 6.45) is 0.869. The lowest BCUT2D eigenvalue weighted by atomic mass is 9.85. The molecule has 3 saturated heterocycles. The average molecular weight is 640 g/mol. The second-order valence-electron chi connectivity index (χ2n) is 13.2. The first-order chi connectivity index (χ1) is 20.5. The number of carbonyl (C=O) groups is 1. The van der Waals surface area contributed by atoms with Gasteiger partial charge >= 0.3 is 0 Å². The second kappa shape index (κ2) is 16.1. The highest BCUT2D eigenvalue weighted by atomic mass is 32.2. The van der Waals surface area contributed by atoms with E-state index in [1.54, 1.807) is 18.0 Å². The Morgan fingerprint density at radius 1 is 1.12 bits per heavy atom. The van der Waals surface area contributed by atoms with E-state index in [1.165, 1.54) is 23.7 Å². The van der Waals surface area contributed by atoms with Gasteiger partial charge in [0, 0.05) is 29.8 Å². The fraction of sp³-hybridized carbons (Fsp3) is 0.781. The number of aliphatic hydroxyl groups is 3. The molecule has 3 heterocycles. The minimum absolute atomic E-state index is 0.191. The predicted octanol–water partition coefficient (Wildman–Crippen LogP) is 2.36. The lowest BCUT2D eigenvalue weighted by Crippen LogP contribution is -2.65. The monoisotopic (exact) mass is 639 g/mol. The van der Waals surface area contributed by atoms with Crippen LogP contribution in [0.1, 0.15) is 45.6 Å². The molecule has 1 aromatic carbocycles. The zero-order valence-electron chi connectivity index (χ0n) is 26.5. The molecule has 9 nitrogen and oxygen atoms in total. The second-order valence-corrected chi connectivity index (χ2v) is 15.6. The molecule has 0 spiro atoms. The van der Waals surface area contributed by atoms with Gasteiger partial charge in [-0.2, -0.15) is 0 Å². The van der Waals surface area contributed by atoms with Gasteiger partial charge in [0.25, 0.3) is 0 Å². The zero-order chi connectivity index (χ0) is 31.3. The molecule has 5 N–H and O–H groups in total. The first-order valence-electron chi connectivity index (χ1n) is 15.8. The van der Waals surface area contributed by atoms with Crippen molar-refractivity contribution in [2.45, 2.75) is 105 Å². The number of rotatable bonds is 12. The van der Waals surface area contributed by atoms with Crippen LogP contribution in [0.25, 0.3) is 0 Å². The van der Waals surface area contributed by atoms with Crippen LogP contribution in [0.3, 0.4) is 0 Å². The molecule has 244 valence electrons. The number of thioether (sulfide) groups is 2. The van der Waals surface area contributed by atoms with Crippen molar-refractivity contribution in [1.82, 2.24) is 15.5 Å². The van der Waals surface area contributed by atoms with E-state index in [2.05, 4.69) is 67.7 Å². The minimum Gasteiger partial charge on any atom is -0.388 e. The van der Waals surface area contributed by atoms with Crippen molar-refractivity contribution in [3.63, 3.8) is 0 Å². The molecule has 4 rings (SSSR count). The highest BCUT2D eigenvalue weighted by Crippen LogP contribution is 2.36. The molecule has 0 aliphatic carbocycles. The summed E-state index contributed by atoms with van der Waals surface area (Å²) in [6, 6.07) is 7.27. The van der Waals surface area contributed by atoms with Gasteiger partial charge < -0.3 is 40.3 Å². The molecule has 2 unspecified atom stereocenters. The number of fused-ring (bicyclic) bond motifs is 1. The maximum absolute atomic E-state index is 13.9. The van der Waals surface area contributed by atoms with Crippen LogP contribution in [-0.4, -0.2) is 119 Å². The number of nitrogens with zero attached hydrogens (tertiary/aromatic N) is 1. The summed E-state index contributed by atoms with van der Waals surface area (Å²) in [7, 11) is 4.12. The molecule has 3 aliphatic rings. The summed E-state index contributed by atoms with van der Waals surface area (Å²) in [6.45, 7) is 8.86. The Bertz CT molecular complexity index is 1020. The SMILES string of the molecule is CSC1O[C@H]([C@H](NC(=O)[C@H]2NC[C@@H]3C[C@H](CC(C)C)CCO[C@H]32)[C@H](C)Sc2ccc(CCN(C)C)cc2)C(O)[C@@H](O)[C@H]1O. The third-order valence-electron chi connectivity index (χ3n) is 9.05. The van der Waals surface area contributed by atoms with E-state index in [4.69, 9.17) is 9.47 Å². The maximum atomic E-state index is 13.9. The Labute approximate surface area is 266 Å². The topological polar surface area (TPSA) is 124 Å². The molecule has 1 aromatic rings. The van der Waals surface area contributed by atoms with E-state index in [1.807, 2.05) is 6.92 Å². The molecular weight excluding hydrogens is 587 g/mol. The van der Waals surface area contributed by atoms with E-state index in [0.29, 0.717) is 18.4 Å². The third-order valence-corrected chi connectivity index (χ3v) is 11.1. The Hall–Kier alpha value is -0.890.